The van der Waals surface area contributed by atoms with Crippen LogP contribution in [-0.4, -0.2) is 34.6 Å². The second kappa shape index (κ2) is 6.11. The first-order valence-corrected chi connectivity index (χ1v) is 8.04. The van der Waals surface area contributed by atoms with Crippen LogP contribution >= 0.6 is 23.4 Å². The standard InChI is InChI=1S/C13H20ClN3S/c1-9(2)13-15-7-12(11(6-14)16-13)17(3)10-4-5-18-8-10/h7,9-10H,4-6,8H2,1-3H3. The van der Waals surface area contributed by atoms with Gasteiger partial charge in [0.25, 0.3) is 0 Å². The second-order valence-electron chi connectivity index (χ2n) is 4.98. The first-order valence-electron chi connectivity index (χ1n) is 6.35. The molecule has 0 radical (unpaired) electrons. The Morgan fingerprint density at radius 3 is 2.89 bits per heavy atom. The van der Waals surface area contributed by atoms with Gasteiger partial charge in [-0.05, 0) is 12.2 Å². The molecule has 1 atom stereocenters. The van der Waals surface area contributed by atoms with Crippen LogP contribution in [0.1, 0.15) is 37.7 Å². The predicted molar refractivity (Wildman–Crippen MR) is 79.8 cm³/mol. The van der Waals surface area contributed by atoms with Crippen molar-refractivity contribution in [3.05, 3.63) is 17.7 Å². The summed E-state index contributed by atoms with van der Waals surface area (Å²) in [5.74, 6) is 4.10. The van der Waals surface area contributed by atoms with Gasteiger partial charge in [0, 0.05) is 24.8 Å². The molecule has 1 aromatic heterocycles. The third kappa shape index (κ3) is 2.91. The quantitative estimate of drug-likeness (QED) is 0.794. The predicted octanol–water partition coefficient (Wildman–Crippen LogP) is 3.28. The Hall–Kier alpha value is -0.480. The first kappa shape index (κ1) is 13.9. The maximum absolute atomic E-state index is 6.04. The monoisotopic (exact) mass is 285 g/mol. The summed E-state index contributed by atoms with van der Waals surface area (Å²) < 4.78 is 0. The van der Waals surface area contributed by atoms with E-state index in [-0.39, 0.29) is 0 Å². The van der Waals surface area contributed by atoms with Gasteiger partial charge in [0.05, 0.1) is 23.5 Å². The fourth-order valence-corrected chi connectivity index (χ4v) is 3.59. The van der Waals surface area contributed by atoms with E-state index < -0.39 is 0 Å². The average Bonchev–Trinajstić information content (AvgIpc) is 2.90. The van der Waals surface area contributed by atoms with Crippen molar-refractivity contribution in [3.63, 3.8) is 0 Å². The molecule has 0 aliphatic carbocycles. The minimum atomic E-state index is 0.341. The molecule has 1 saturated heterocycles. The summed E-state index contributed by atoms with van der Waals surface area (Å²) in [5, 5.41) is 0. The molecule has 18 heavy (non-hydrogen) atoms. The summed E-state index contributed by atoms with van der Waals surface area (Å²) >= 11 is 8.05. The first-order chi connectivity index (χ1) is 8.63. The molecule has 0 amide bonds. The molecule has 0 bridgehead atoms. The molecule has 5 heteroatoms. The SMILES string of the molecule is CC(C)c1ncc(N(C)C2CCSC2)c(CCl)n1. The zero-order valence-electron chi connectivity index (χ0n) is 11.2. The molecule has 0 spiro atoms. The number of aromatic nitrogens is 2. The smallest absolute Gasteiger partial charge is 0.131 e. The number of alkyl halides is 1. The third-order valence-corrected chi connectivity index (χ3v) is 4.74. The van der Waals surface area contributed by atoms with Gasteiger partial charge < -0.3 is 4.90 Å². The summed E-state index contributed by atoms with van der Waals surface area (Å²) in [6.45, 7) is 4.20. The number of thioether (sulfide) groups is 1. The lowest BCUT2D eigenvalue weighted by Crippen LogP contribution is -2.32. The van der Waals surface area contributed by atoms with E-state index in [1.165, 1.54) is 17.9 Å². The summed E-state index contributed by atoms with van der Waals surface area (Å²) in [5.41, 5.74) is 2.04. The number of rotatable bonds is 4. The van der Waals surface area contributed by atoms with Gasteiger partial charge in [-0.3, -0.25) is 0 Å². The van der Waals surface area contributed by atoms with Crippen molar-refractivity contribution in [1.82, 2.24) is 9.97 Å². The molecule has 0 N–H and O–H groups in total. The lowest BCUT2D eigenvalue weighted by Gasteiger charge is -2.27. The molecule has 1 fully saturated rings. The number of nitrogens with zero attached hydrogens (tertiary/aromatic N) is 3. The van der Waals surface area contributed by atoms with E-state index in [0.717, 1.165) is 17.2 Å². The van der Waals surface area contributed by atoms with Gasteiger partial charge in [-0.1, -0.05) is 13.8 Å². The molecule has 0 saturated carbocycles. The topological polar surface area (TPSA) is 29.0 Å². The van der Waals surface area contributed by atoms with E-state index in [9.17, 15) is 0 Å². The van der Waals surface area contributed by atoms with E-state index in [4.69, 9.17) is 11.6 Å². The molecule has 1 aromatic rings. The minimum absolute atomic E-state index is 0.341. The maximum atomic E-state index is 6.04. The largest absolute Gasteiger partial charge is 0.368 e. The molecular weight excluding hydrogens is 266 g/mol. The van der Waals surface area contributed by atoms with Crippen LogP contribution in [0.2, 0.25) is 0 Å². The fraction of sp³-hybridized carbons (Fsp3) is 0.692. The molecule has 3 nitrogen and oxygen atoms in total. The van der Waals surface area contributed by atoms with Gasteiger partial charge in [0.15, 0.2) is 0 Å². The summed E-state index contributed by atoms with van der Waals surface area (Å²) in [4.78, 5) is 11.3. The molecule has 1 aliphatic rings. The van der Waals surface area contributed by atoms with Crippen LogP contribution in [0.15, 0.2) is 6.20 Å². The Bertz CT molecular complexity index is 405. The van der Waals surface area contributed by atoms with Crippen molar-refractivity contribution in [1.29, 1.82) is 0 Å². The minimum Gasteiger partial charge on any atom is -0.368 e. The van der Waals surface area contributed by atoms with Crippen LogP contribution in [0.3, 0.4) is 0 Å². The molecule has 2 rings (SSSR count). The van der Waals surface area contributed by atoms with E-state index in [0.29, 0.717) is 17.8 Å². The van der Waals surface area contributed by atoms with Crippen LogP contribution in [0.5, 0.6) is 0 Å². The van der Waals surface area contributed by atoms with Crippen molar-refractivity contribution < 1.29 is 0 Å². The summed E-state index contributed by atoms with van der Waals surface area (Å²) in [7, 11) is 2.13. The second-order valence-corrected chi connectivity index (χ2v) is 6.39. The van der Waals surface area contributed by atoms with Crippen molar-refractivity contribution in [2.75, 3.05) is 23.5 Å². The lowest BCUT2D eigenvalue weighted by atomic mass is 10.2. The average molecular weight is 286 g/mol. The van der Waals surface area contributed by atoms with Crippen molar-refractivity contribution in [3.8, 4) is 0 Å². The number of hydrogen-bond acceptors (Lipinski definition) is 4. The van der Waals surface area contributed by atoms with Crippen LogP contribution < -0.4 is 4.90 Å². The van der Waals surface area contributed by atoms with Gasteiger partial charge in [-0.2, -0.15) is 11.8 Å². The Kier molecular flexibility index (Phi) is 4.73. The van der Waals surface area contributed by atoms with Crippen LogP contribution in [0.4, 0.5) is 5.69 Å². The molecule has 1 unspecified atom stereocenters. The van der Waals surface area contributed by atoms with E-state index in [1.807, 2.05) is 18.0 Å². The number of anilines is 1. The van der Waals surface area contributed by atoms with Crippen LogP contribution in [0, 0.1) is 0 Å². The third-order valence-electron chi connectivity index (χ3n) is 3.34. The van der Waals surface area contributed by atoms with Gasteiger partial charge in [-0.25, -0.2) is 9.97 Å². The van der Waals surface area contributed by atoms with Gasteiger partial charge in [0.1, 0.15) is 5.82 Å². The highest BCUT2D eigenvalue weighted by atomic mass is 35.5. The van der Waals surface area contributed by atoms with Crippen LogP contribution in [0.25, 0.3) is 0 Å². The van der Waals surface area contributed by atoms with E-state index >= 15 is 0 Å². The maximum Gasteiger partial charge on any atom is 0.131 e. The molecule has 2 heterocycles. The molecule has 0 aromatic carbocycles. The van der Waals surface area contributed by atoms with Crippen LogP contribution in [-0.2, 0) is 5.88 Å². The highest BCUT2D eigenvalue weighted by Gasteiger charge is 2.23. The Morgan fingerprint density at radius 2 is 2.33 bits per heavy atom. The zero-order valence-corrected chi connectivity index (χ0v) is 12.8. The normalized spacial score (nSPS) is 19.5. The Balaban J connectivity index is 2.26. The highest BCUT2D eigenvalue weighted by Crippen LogP contribution is 2.28. The molecule has 100 valence electrons. The lowest BCUT2D eigenvalue weighted by molar-refractivity contribution is 0.687. The molecular formula is C13H20ClN3S. The highest BCUT2D eigenvalue weighted by molar-refractivity contribution is 7.99. The summed E-state index contributed by atoms with van der Waals surface area (Å²) in [6.07, 6.45) is 3.16. The van der Waals surface area contributed by atoms with E-state index in [2.05, 4.69) is 35.8 Å². The van der Waals surface area contributed by atoms with Crippen molar-refractivity contribution in [2.45, 2.75) is 38.1 Å². The number of hydrogen-bond donors (Lipinski definition) is 0. The van der Waals surface area contributed by atoms with Gasteiger partial charge >= 0.3 is 0 Å². The zero-order chi connectivity index (χ0) is 13.1. The van der Waals surface area contributed by atoms with E-state index in [1.54, 1.807) is 0 Å². The number of halogens is 1. The summed E-state index contributed by atoms with van der Waals surface area (Å²) in [6, 6.07) is 0.588. The van der Waals surface area contributed by atoms with Crippen molar-refractivity contribution in [2.24, 2.45) is 0 Å². The van der Waals surface area contributed by atoms with Crippen molar-refractivity contribution >= 4 is 29.1 Å². The Labute approximate surface area is 118 Å². The fourth-order valence-electron chi connectivity index (χ4n) is 2.12. The van der Waals surface area contributed by atoms with Gasteiger partial charge in [-0.15, -0.1) is 11.6 Å². The molecule has 1 aliphatic heterocycles. The van der Waals surface area contributed by atoms with Gasteiger partial charge in [0.2, 0.25) is 0 Å². The Morgan fingerprint density at radius 1 is 1.56 bits per heavy atom.